The largest absolute Gasteiger partial charge is 0.465 e. The molecule has 0 saturated heterocycles. The Labute approximate surface area is 109 Å². The van der Waals surface area contributed by atoms with Gasteiger partial charge in [0.25, 0.3) is 0 Å². The molecule has 0 atom stereocenters. The van der Waals surface area contributed by atoms with Crippen molar-refractivity contribution in [2.24, 2.45) is 0 Å². The standard InChI is InChI=1S/C13H23N3O2/c1-4-7-16-11-14-8-12(16)9-15(5-2)10-13(17)18-6-3/h8,11H,4-7,9-10H2,1-3H3. The van der Waals surface area contributed by atoms with Crippen LogP contribution in [0.1, 0.15) is 32.9 Å². The smallest absolute Gasteiger partial charge is 0.320 e. The Kier molecular flexibility index (Phi) is 6.43. The van der Waals surface area contributed by atoms with E-state index in [1.54, 1.807) is 0 Å². The Hall–Kier alpha value is -1.36. The van der Waals surface area contributed by atoms with Crippen LogP contribution in [0.4, 0.5) is 0 Å². The zero-order valence-corrected chi connectivity index (χ0v) is 11.6. The average molecular weight is 253 g/mol. The first-order valence-corrected chi connectivity index (χ1v) is 6.58. The molecule has 0 N–H and O–H groups in total. The maximum Gasteiger partial charge on any atom is 0.320 e. The predicted octanol–water partition coefficient (Wildman–Crippen LogP) is 1.68. The molecular formula is C13H23N3O2. The quantitative estimate of drug-likeness (QED) is 0.661. The van der Waals surface area contributed by atoms with Gasteiger partial charge in [-0.3, -0.25) is 9.69 Å². The van der Waals surface area contributed by atoms with Crippen molar-refractivity contribution in [1.82, 2.24) is 14.5 Å². The highest BCUT2D eigenvalue weighted by atomic mass is 16.5. The number of ether oxygens (including phenoxy) is 1. The SMILES string of the molecule is CCCn1cncc1CN(CC)CC(=O)OCC. The summed E-state index contributed by atoms with van der Waals surface area (Å²) in [6.45, 7) is 9.29. The van der Waals surface area contributed by atoms with Crippen LogP contribution in [0, 0.1) is 0 Å². The summed E-state index contributed by atoms with van der Waals surface area (Å²) in [5.41, 5.74) is 1.14. The maximum absolute atomic E-state index is 11.5. The van der Waals surface area contributed by atoms with Crippen molar-refractivity contribution >= 4 is 5.97 Å². The topological polar surface area (TPSA) is 47.4 Å². The van der Waals surface area contributed by atoms with E-state index in [1.807, 2.05) is 26.4 Å². The van der Waals surface area contributed by atoms with E-state index < -0.39 is 0 Å². The summed E-state index contributed by atoms with van der Waals surface area (Å²) in [5, 5.41) is 0. The number of rotatable bonds is 8. The molecule has 1 aromatic heterocycles. The van der Waals surface area contributed by atoms with Gasteiger partial charge in [-0.1, -0.05) is 13.8 Å². The van der Waals surface area contributed by atoms with Crippen LogP contribution < -0.4 is 0 Å². The van der Waals surface area contributed by atoms with Gasteiger partial charge in [0, 0.05) is 19.3 Å². The lowest BCUT2D eigenvalue weighted by molar-refractivity contribution is -0.144. The van der Waals surface area contributed by atoms with Gasteiger partial charge in [0.2, 0.25) is 0 Å². The van der Waals surface area contributed by atoms with Crippen molar-refractivity contribution in [2.45, 2.75) is 40.3 Å². The normalized spacial score (nSPS) is 10.9. The Bertz CT molecular complexity index is 363. The molecule has 0 amide bonds. The lowest BCUT2D eigenvalue weighted by atomic mass is 10.3. The summed E-state index contributed by atoms with van der Waals surface area (Å²) in [4.78, 5) is 17.7. The van der Waals surface area contributed by atoms with Crippen LogP contribution in [-0.2, 0) is 22.6 Å². The van der Waals surface area contributed by atoms with Crippen molar-refractivity contribution in [1.29, 1.82) is 0 Å². The van der Waals surface area contributed by atoms with Crippen LogP contribution in [0.3, 0.4) is 0 Å². The summed E-state index contributed by atoms with van der Waals surface area (Å²) in [5.74, 6) is -0.166. The fraction of sp³-hybridized carbons (Fsp3) is 0.692. The second-order valence-corrected chi connectivity index (χ2v) is 4.19. The number of aryl methyl sites for hydroxylation is 1. The number of imidazole rings is 1. The van der Waals surface area contributed by atoms with Gasteiger partial charge in [0.1, 0.15) is 0 Å². The third-order valence-electron chi connectivity index (χ3n) is 2.75. The van der Waals surface area contributed by atoms with Crippen molar-refractivity contribution in [2.75, 3.05) is 19.7 Å². The van der Waals surface area contributed by atoms with Crippen LogP contribution in [0.15, 0.2) is 12.5 Å². The highest BCUT2D eigenvalue weighted by Gasteiger charge is 2.12. The van der Waals surface area contributed by atoms with Crippen molar-refractivity contribution < 1.29 is 9.53 Å². The van der Waals surface area contributed by atoms with Crippen molar-refractivity contribution in [3.05, 3.63) is 18.2 Å². The molecule has 0 radical (unpaired) electrons. The first-order valence-electron chi connectivity index (χ1n) is 6.58. The summed E-state index contributed by atoms with van der Waals surface area (Å²) >= 11 is 0. The van der Waals surface area contributed by atoms with Gasteiger partial charge in [-0.2, -0.15) is 0 Å². The molecule has 0 spiro atoms. The summed E-state index contributed by atoms with van der Waals surface area (Å²) in [6.07, 6.45) is 4.79. The number of hydrogen-bond donors (Lipinski definition) is 0. The molecule has 0 aliphatic heterocycles. The minimum absolute atomic E-state index is 0.166. The minimum atomic E-state index is -0.166. The number of carbonyl (C=O) groups is 1. The molecule has 0 fully saturated rings. The molecule has 0 saturated carbocycles. The molecular weight excluding hydrogens is 230 g/mol. The third kappa shape index (κ3) is 4.49. The van der Waals surface area contributed by atoms with E-state index in [1.165, 1.54) is 0 Å². The fourth-order valence-corrected chi connectivity index (χ4v) is 1.82. The maximum atomic E-state index is 11.5. The Morgan fingerprint density at radius 2 is 2.22 bits per heavy atom. The number of aromatic nitrogens is 2. The van der Waals surface area contributed by atoms with Crippen molar-refractivity contribution in [3.63, 3.8) is 0 Å². The number of carbonyl (C=O) groups excluding carboxylic acids is 1. The van der Waals surface area contributed by atoms with E-state index in [4.69, 9.17) is 4.74 Å². The molecule has 0 aliphatic rings. The molecule has 5 nitrogen and oxygen atoms in total. The van der Waals surface area contributed by atoms with Gasteiger partial charge < -0.3 is 9.30 Å². The Morgan fingerprint density at radius 3 is 2.83 bits per heavy atom. The molecule has 0 bridgehead atoms. The minimum Gasteiger partial charge on any atom is -0.465 e. The monoisotopic (exact) mass is 253 g/mol. The molecule has 0 aliphatic carbocycles. The lowest BCUT2D eigenvalue weighted by Gasteiger charge is -2.19. The van der Waals surface area contributed by atoms with Crippen LogP contribution in [0.5, 0.6) is 0 Å². The van der Waals surface area contributed by atoms with E-state index in [0.717, 1.165) is 31.7 Å². The molecule has 5 heteroatoms. The molecule has 102 valence electrons. The van der Waals surface area contributed by atoms with Gasteiger partial charge in [-0.25, -0.2) is 4.98 Å². The van der Waals surface area contributed by atoms with Gasteiger partial charge in [0.15, 0.2) is 0 Å². The first kappa shape index (κ1) is 14.7. The van der Waals surface area contributed by atoms with Crippen LogP contribution in [-0.4, -0.2) is 40.1 Å². The molecule has 1 aromatic rings. The Balaban J connectivity index is 2.56. The lowest BCUT2D eigenvalue weighted by Crippen LogP contribution is -2.31. The summed E-state index contributed by atoms with van der Waals surface area (Å²) in [7, 11) is 0. The van der Waals surface area contributed by atoms with Crippen LogP contribution in [0.25, 0.3) is 0 Å². The van der Waals surface area contributed by atoms with Gasteiger partial charge in [-0.05, 0) is 19.9 Å². The second kappa shape index (κ2) is 7.87. The highest BCUT2D eigenvalue weighted by Crippen LogP contribution is 2.05. The summed E-state index contributed by atoms with van der Waals surface area (Å²) in [6, 6.07) is 0. The molecule has 18 heavy (non-hydrogen) atoms. The Morgan fingerprint density at radius 1 is 1.44 bits per heavy atom. The zero-order chi connectivity index (χ0) is 13.4. The van der Waals surface area contributed by atoms with Crippen LogP contribution in [0.2, 0.25) is 0 Å². The van der Waals surface area contributed by atoms with Gasteiger partial charge >= 0.3 is 5.97 Å². The number of hydrogen-bond acceptors (Lipinski definition) is 4. The van der Waals surface area contributed by atoms with E-state index in [9.17, 15) is 4.79 Å². The predicted molar refractivity (Wildman–Crippen MR) is 70.1 cm³/mol. The van der Waals surface area contributed by atoms with Crippen molar-refractivity contribution in [3.8, 4) is 0 Å². The molecule has 0 unspecified atom stereocenters. The van der Waals surface area contributed by atoms with Crippen LogP contribution >= 0.6 is 0 Å². The number of esters is 1. The fourth-order valence-electron chi connectivity index (χ4n) is 1.82. The average Bonchev–Trinajstić information content (AvgIpc) is 2.76. The van der Waals surface area contributed by atoms with E-state index >= 15 is 0 Å². The zero-order valence-electron chi connectivity index (χ0n) is 11.6. The highest BCUT2D eigenvalue weighted by molar-refractivity contribution is 5.71. The molecule has 0 aromatic carbocycles. The summed E-state index contributed by atoms with van der Waals surface area (Å²) < 4.78 is 7.10. The van der Waals surface area contributed by atoms with Gasteiger partial charge in [0.05, 0.1) is 25.2 Å². The number of nitrogens with zero attached hydrogens (tertiary/aromatic N) is 3. The molecule has 1 heterocycles. The van der Waals surface area contributed by atoms with Gasteiger partial charge in [-0.15, -0.1) is 0 Å². The van der Waals surface area contributed by atoms with E-state index in [0.29, 0.717) is 13.2 Å². The molecule has 1 rings (SSSR count). The third-order valence-corrected chi connectivity index (χ3v) is 2.75. The number of likely N-dealkylation sites (N-methyl/N-ethyl adjacent to an activating group) is 1. The first-order chi connectivity index (χ1) is 8.71. The van der Waals surface area contributed by atoms with E-state index in [-0.39, 0.29) is 5.97 Å². The van der Waals surface area contributed by atoms with E-state index in [2.05, 4.69) is 21.4 Å². The second-order valence-electron chi connectivity index (χ2n) is 4.19.